The molecule has 1 saturated carbocycles. The molecule has 0 spiro atoms. The van der Waals surface area contributed by atoms with Crippen LogP contribution < -0.4 is 25.8 Å². The van der Waals surface area contributed by atoms with Crippen LogP contribution in [0.25, 0.3) is 0 Å². The average molecular weight is 445 g/mol. The molecule has 0 atom stereocenters. The van der Waals surface area contributed by atoms with Crippen molar-refractivity contribution in [1.29, 1.82) is 0 Å². The quantitative estimate of drug-likeness (QED) is 0.323. The van der Waals surface area contributed by atoms with Gasteiger partial charge in [-0.05, 0) is 61.2 Å². The molecular weight excluding hydrogens is 416 g/mol. The van der Waals surface area contributed by atoms with Gasteiger partial charge >= 0.3 is 0 Å². The molecule has 1 fully saturated rings. The van der Waals surface area contributed by atoms with Crippen LogP contribution in [0.2, 0.25) is 0 Å². The highest BCUT2D eigenvalue weighted by Crippen LogP contribution is 2.23. The molecule has 3 aromatic carbocycles. The first-order chi connectivity index (χ1) is 16.1. The summed E-state index contributed by atoms with van der Waals surface area (Å²) >= 11 is 0. The van der Waals surface area contributed by atoms with E-state index in [9.17, 15) is 4.79 Å². The molecule has 3 aromatic rings. The van der Waals surface area contributed by atoms with Crippen LogP contribution >= 0.6 is 0 Å². The first-order valence-corrected chi connectivity index (χ1v) is 11.0. The Morgan fingerprint density at radius 2 is 1.70 bits per heavy atom. The fourth-order valence-corrected chi connectivity index (χ4v) is 3.15. The predicted octanol–water partition coefficient (Wildman–Crippen LogP) is 4.11. The molecule has 7 nitrogen and oxygen atoms in total. The van der Waals surface area contributed by atoms with Gasteiger partial charge in [-0.1, -0.05) is 36.4 Å². The van der Waals surface area contributed by atoms with Crippen molar-refractivity contribution in [2.75, 3.05) is 18.5 Å². The van der Waals surface area contributed by atoms with Gasteiger partial charge in [-0.25, -0.2) is 0 Å². The maximum atomic E-state index is 11.7. The number of nitrogens with two attached hydrogens (primary N) is 1. The van der Waals surface area contributed by atoms with E-state index in [0.717, 1.165) is 36.3 Å². The molecule has 7 heteroatoms. The number of carbonyl (C=O) groups excluding carboxylic acids is 1. The maximum absolute atomic E-state index is 11.7. The van der Waals surface area contributed by atoms with E-state index in [1.165, 1.54) is 0 Å². The highest BCUT2D eigenvalue weighted by molar-refractivity contribution is 5.92. The third-order valence-electron chi connectivity index (χ3n) is 5.00. The summed E-state index contributed by atoms with van der Waals surface area (Å²) < 4.78 is 11.4. The van der Waals surface area contributed by atoms with Crippen LogP contribution in [0.15, 0.2) is 83.9 Å². The first-order valence-electron chi connectivity index (χ1n) is 11.0. The van der Waals surface area contributed by atoms with Gasteiger partial charge in [0.05, 0.1) is 0 Å². The minimum Gasteiger partial charge on any atom is -0.484 e. The van der Waals surface area contributed by atoms with Gasteiger partial charge in [-0.15, -0.1) is 0 Å². The summed E-state index contributed by atoms with van der Waals surface area (Å²) in [5, 5.41) is 6.00. The van der Waals surface area contributed by atoms with Crippen LogP contribution in [0.1, 0.15) is 18.4 Å². The molecular formula is C26H28N4O3. The van der Waals surface area contributed by atoms with E-state index >= 15 is 0 Å². The number of benzene rings is 3. The lowest BCUT2D eigenvalue weighted by Gasteiger charge is -2.09. The maximum Gasteiger partial charge on any atom is 0.258 e. The van der Waals surface area contributed by atoms with Gasteiger partial charge in [0.2, 0.25) is 0 Å². The molecule has 1 aliphatic carbocycles. The van der Waals surface area contributed by atoms with Crippen LogP contribution in [0.4, 0.5) is 5.69 Å². The van der Waals surface area contributed by atoms with Crippen LogP contribution in [-0.4, -0.2) is 31.1 Å². The van der Waals surface area contributed by atoms with Gasteiger partial charge in [0.1, 0.15) is 17.2 Å². The van der Waals surface area contributed by atoms with Crippen molar-refractivity contribution < 1.29 is 14.3 Å². The van der Waals surface area contributed by atoms with Gasteiger partial charge in [-0.3, -0.25) is 9.79 Å². The zero-order valence-electron chi connectivity index (χ0n) is 18.4. The van der Waals surface area contributed by atoms with E-state index < -0.39 is 0 Å². The topological polar surface area (TPSA) is 98.0 Å². The Bertz CT molecular complexity index is 1080. The van der Waals surface area contributed by atoms with E-state index in [0.29, 0.717) is 30.0 Å². The summed E-state index contributed by atoms with van der Waals surface area (Å²) in [7, 11) is 0. The lowest BCUT2D eigenvalue weighted by Crippen LogP contribution is -2.30. The Morgan fingerprint density at radius 3 is 2.45 bits per heavy atom. The van der Waals surface area contributed by atoms with Gasteiger partial charge in [-0.2, -0.15) is 0 Å². The molecule has 4 rings (SSSR count). The minimum atomic E-state index is -0.0731. The number of rotatable bonds is 10. The van der Waals surface area contributed by atoms with Gasteiger partial charge in [0, 0.05) is 24.3 Å². The highest BCUT2D eigenvalue weighted by atomic mass is 16.5. The molecule has 4 N–H and O–H groups in total. The third kappa shape index (κ3) is 7.57. The summed E-state index contributed by atoms with van der Waals surface area (Å²) in [5.74, 6) is 2.43. The zero-order chi connectivity index (χ0) is 22.9. The summed E-state index contributed by atoms with van der Waals surface area (Å²) in [5.41, 5.74) is 7.96. The second kappa shape index (κ2) is 11.0. The molecule has 1 aliphatic rings. The van der Waals surface area contributed by atoms with Crippen molar-refractivity contribution in [1.82, 2.24) is 5.32 Å². The predicted molar refractivity (Wildman–Crippen MR) is 130 cm³/mol. The van der Waals surface area contributed by atoms with E-state index in [1.54, 1.807) is 0 Å². The number of nitrogens with one attached hydrogen (secondary N) is 2. The number of anilines is 1. The number of nitrogens with zero attached hydrogens (tertiary/aromatic N) is 1. The number of carbonyl (C=O) groups is 1. The van der Waals surface area contributed by atoms with Gasteiger partial charge in [0.25, 0.3) is 5.91 Å². The van der Waals surface area contributed by atoms with Crippen LogP contribution in [0.3, 0.4) is 0 Å². The molecule has 0 heterocycles. The van der Waals surface area contributed by atoms with Gasteiger partial charge in [0.15, 0.2) is 12.6 Å². The fourth-order valence-electron chi connectivity index (χ4n) is 3.15. The van der Waals surface area contributed by atoms with Crippen molar-refractivity contribution in [3.8, 4) is 17.2 Å². The Kier molecular flexibility index (Phi) is 7.43. The lowest BCUT2D eigenvalue weighted by molar-refractivity contribution is -0.123. The minimum absolute atomic E-state index is 0.0416. The Labute approximate surface area is 193 Å². The molecule has 0 aliphatic heterocycles. The molecule has 0 unspecified atom stereocenters. The summed E-state index contributed by atoms with van der Waals surface area (Å²) in [4.78, 5) is 16.1. The molecule has 33 heavy (non-hydrogen) atoms. The average Bonchev–Trinajstić information content (AvgIpc) is 3.63. The number of para-hydroxylation sites is 1. The Morgan fingerprint density at radius 1 is 0.939 bits per heavy atom. The largest absolute Gasteiger partial charge is 0.484 e. The Hall–Kier alpha value is -4.00. The van der Waals surface area contributed by atoms with E-state index in [-0.39, 0.29) is 12.5 Å². The zero-order valence-corrected chi connectivity index (χ0v) is 18.4. The first kappa shape index (κ1) is 22.2. The van der Waals surface area contributed by atoms with E-state index in [4.69, 9.17) is 15.2 Å². The van der Waals surface area contributed by atoms with Crippen molar-refractivity contribution in [2.45, 2.75) is 25.3 Å². The lowest BCUT2D eigenvalue weighted by atomic mass is 10.1. The molecule has 1 amide bonds. The summed E-state index contributed by atoms with van der Waals surface area (Å²) in [6.07, 6.45) is 2.87. The number of aliphatic imine (C=N–C) groups is 1. The third-order valence-corrected chi connectivity index (χ3v) is 5.00. The molecule has 170 valence electrons. The van der Waals surface area contributed by atoms with E-state index in [2.05, 4.69) is 15.6 Å². The summed E-state index contributed by atoms with van der Waals surface area (Å²) in [6.45, 7) is 0.586. The number of ether oxygens (including phenoxy) is 2. The second-order valence-corrected chi connectivity index (χ2v) is 7.86. The van der Waals surface area contributed by atoms with Crippen molar-refractivity contribution in [3.05, 3.63) is 84.4 Å². The normalized spacial score (nSPS) is 13.3. The monoisotopic (exact) mass is 444 g/mol. The molecule has 0 saturated heterocycles. The van der Waals surface area contributed by atoms with Crippen molar-refractivity contribution in [2.24, 2.45) is 10.7 Å². The number of hydrogen-bond acceptors (Lipinski definition) is 4. The van der Waals surface area contributed by atoms with Crippen LogP contribution in [0, 0.1) is 0 Å². The smallest absolute Gasteiger partial charge is 0.258 e. The molecule has 0 radical (unpaired) electrons. The molecule has 0 aromatic heterocycles. The van der Waals surface area contributed by atoms with Crippen LogP contribution in [0.5, 0.6) is 17.2 Å². The second-order valence-electron chi connectivity index (χ2n) is 7.86. The molecule has 0 bridgehead atoms. The number of hydrogen-bond donors (Lipinski definition) is 3. The highest BCUT2D eigenvalue weighted by Gasteiger charge is 2.23. The van der Waals surface area contributed by atoms with Crippen molar-refractivity contribution in [3.63, 3.8) is 0 Å². The number of guanidine groups is 1. The van der Waals surface area contributed by atoms with Crippen LogP contribution in [-0.2, 0) is 11.2 Å². The Balaban J connectivity index is 1.21. The number of amides is 1. The van der Waals surface area contributed by atoms with Crippen molar-refractivity contribution >= 4 is 17.6 Å². The SMILES string of the molecule is NC(=NCCc1ccc(OCC(=O)NC2CC2)cc1)Nc1cccc(Oc2ccccc2)c1. The van der Waals surface area contributed by atoms with E-state index in [1.807, 2.05) is 78.9 Å². The summed E-state index contributed by atoms with van der Waals surface area (Å²) in [6, 6.07) is 25.2. The fraction of sp³-hybridized carbons (Fsp3) is 0.231. The standard InChI is InChI=1S/C26H28N4O3/c27-26(30-21-5-4-8-24(17-21)33-23-6-2-1-3-7-23)28-16-15-19-9-13-22(14-10-19)32-18-25(31)29-20-11-12-20/h1-10,13-14,17,20H,11-12,15-16,18H2,(H,29,31)(H3,27,28,30). The van der Waals surface area contributed by atoms with Gasteiger partial charge < -0.3 is 25.8 Å².